The minimum absolute atomic E-state index is 0.153. The second-order valence-electron chi connectivity index (χ2n) is 16.7. The zero-order valence-corrected chi connectivity index (χ0v) is 34.5. The van der Waals surface area contributed by atoms with Crippen LogP contribution in [0.3, 0.4) is 0 Å². The van der Waals surface area contributed by atoms with Crippen LogP contribution in [0.4, 0.5) is 30.4 Å². The number of imide groups is 1. The lowest BCUT2D eigenvalue weighted by Crippen LogP contribution is -2.52. The van der Waals surface area contributed by atoms with E-state index < -0.39 is 29.3 Å². The summed E-state index contributed by atoms with van der Waals surface area (Å²) in [6, 6.07) is 13.7. The van der Waals surface area contributed by atoms with Gasteiger partial charge in [0.25, 0.3) is 5.91 Å². The molecule has 5 aliphatic rings. The summed E-state index contributed by atoms with van der Waals surface area (Å²) in [5.41, 5.74) is 1.61. The van der Waals surface area contributed by atoms with Gasteiger partial charge < -0.3 is 24.8 Å². The van der Waals surface area contributed by atoms with Crippen LogP contribution in [-0.4, -0.2) is 121 Å². The van der Waals surface area contributed by atoms with Crippen molar-refractivity contribution in [3.05, 3.63) is 83.6 Å². The number of nitrogens with one attached hydrogen (secondary N) is 2. The standard InChI is InChI=1S/C45H50F3N9O5/c1-29-36-6-5-35(25-37(36)44(61)57(29)39-7-9-41(58)52-43(39)60)62-23-22-53-18-20-54(21-19-53)28-30-10-14-56(15-11-30)34-4-8-40(50-27-34)51-42(59)31-12-16-55(17-13-31)33-3-2-32(26-49)38(24-33)45(46,47)48/h2-6,8,24-25,27,30-31,39H,1,7,9-23,28H2,(H,50,51,59)(H,52,58,60). The molecule has 17 heteroatoms. The second kappa shape index (κ2) is 18.2. The number of pyridine rings is 1. The number of nitrogens with zero attached hydrogens (tertiary/aromatic N) is 7. The summed E-state index contributed by atoms with van der Waals surface area (Å²) in [6.45, 7) is 12.9. The monoisotopic (exact) mass is 853 g/mol. The van der Waals surface area contributed by atoms with Crippen LogP contribution in [0.1, 0.15) is 65.6 Å². The van der Waals surface area contributed by atoms with Gasteiger partial charge in [0.05, 0.1) is 34.6 Å². The number of piperidine rings is 3. The Morgan fingerprint density at radius 3 is 2.24 bits per heavy atom. The van der Waals surface area contributed by atoms with E-state index in [1.54, 1.807) is 24.4 Å². The fraction of sp³-hybridized carbons (Fsp3) is 0.467. The van der Waals surface area contributed by atoms with E-state index in [-0.39, 0.29) is 36.5 Å². The third kappa shape index (κ3) is 9.41. The highest BCUT2D eigenvalue weighted by atomic mass is 19.4. The summed E-state index contributed by atoms with van der Waals surface area (Å²) in [4.78, 5) is 65.5. The third-order valence-electron chi connectivity index (χ3n) is 12.9. The molecule has 326 valence electrons. The maximum atomic E-state index is 13.5. The van der Waals surface area contributed by atoms with Crippen molar-refractivity contribution in [2.75, 3.05) is 87.2 Å². The van der Waals surface area contributed by atoms with Gasteiger partial charge in [0.1, 0.15) is 24.2 Å². The van der Waals surface area contributed by atoms with Crippen LogP contribution in [0, 0.1) is 23.2 Å². The average Bonchev–Trinajstić information content (AvgIpc) is 3.52. The summed E-state index contributed by atoms with van der Waals surface area (Å²) >= 11 is 0. The second-order valence-corrected chi connectivity index (χ2v) is 16.7. The number of alkyl halides is 3. The summed E-state index contributed by atoms with van der Waals surface area (Å²) in [5.74, 6) is 0.0915. The largest absolute Gasteiger partial charge is 0.492 e. The highest BCUT2D eigenvalue weighted by Gasteiger charge is 2.42. The number of piperazine rings is 1. The molecule has 0 saturated carbocycles. The molecule has 0 aliphatic carbocycles. The van der Waals surface area contributed by atoms with Crippen LogP contribution in [-0.2, 0) is 20.6 Å². The van der Waals surface area contributed by atoms with Gasteiger partial charge in [0.15, 0.2) is 0 Å². The van der Waals surface area contributed by atoms with Crippen LogP contribution in [0.2, 0.25) is 0 Å². The smallest absolute Gasteiger partial charge is 0.417 e. The molecule has 2 aromatic carbocycles. The SMILES string of the molecule is C=C1c2ccc(OCCN3CCN(CC4CCN(c5ccc(NC(=O)C6CCN(c7ccc(C#N)c(C(F)(F)F)c7)CC6)nc5)CC4)CC3)cc2C(=O)N1C1CCC(=O)NC1=O. The molecule has 0 radical (unpaired) electrons. The molecule has 1 aromatic heterocycles. The number of anilines is 3. The molecule has 8 rings (SSSR count). The van der Waals surface area contributed by atoms with Gasteiger partial charge in [0.2, 0.25) is 17.7 Å². The first-order valence-electron chi connectivity index (χ1n) is 21.3. The molecule has 3 aromatic rings. The number of carbonyl (C=O) groups is 4. The van der Waals surface area contributed by atoms with E-state index in [9.17, 15) is 32.3 Å². The van der Waals surface area contributed by atoms with Crippen LogP contribution in [0.5, 0.6) is 5.75 Å². The molecule has 0 bridgehead atoms. The number of rotatable bonds is 11. The van der Waals surface area contributed by atoms with Crippen molar-refractivity contribution < 1.29 is 37.1 Å². The van der Waals surface area contributed by atoms with Crippen LogP contribution in [0.15, 0.2) is 61.3 Å². The number of benzene rings is 2. The minimum atomic E-state index is -4.62. The van der Waals surface area contributed by atoms with E-state index in [2.05, 4.69) is 36.9 Å². The molecule has 4 saturated heterocycles. The van der Waals surface area contributed by atoms with E-state index >= 15 is 0 Å². The van der Waals surface area contributed by atoms with Gasteiger partial charge in [-0.05, 0) is 86.6 Å². The first-order valence-corrected chi connectivity index (χ1v) is 21.3. The first-order chi connectivity index (χ1) is 29.8. The number of nitriles is 1. The normalized spacial score (nSPS) is 20.9. The summed E-state index contributed by atoms with van der Waals surface area (Å²) in [7, 11) is 0. The number of fused-ring (bicyclic) bond motifs is 1. The van der Waals surface area contributed by atoms with E-state index in [0.717, 1.165) is 77.0 Å². The Kier molecular flexibility index (Phi) is 12.5. The lowest BCUT2D eigenvalue weighted by atomic mass is 9.95. The van der Waals surface area contributed by atoms with Crippen LogP contribution < -0.4 is 25.2 Å². The van der Waals surface area contributed by atoms with Gasteiger partial charge in [-0.2, -0.15) is 18.4 Å². The van der Waals surface area contributed by atoms with Crippen molar-refractivity contribution in [3.8, 4) is 11.8 Å². The molecule has 5 aliphatic heterocycles. The Morgan fingerprint density at radius 2 is 1.56 bits per heavy atom. The Labute approximate surface area is 358 Å². The maximum absolute atomic E-state index is 13.5. The number of hydrogen-bond acceptors (Lipinski definition) is 11. The van der Waals surface area contributed by atoms with Gasteiger partial charge in [-0.3, -0.25) is 34.3 Å². The van der Waals surface area contributed by atoms with Crippen molar-refractivity contribution in [2.45, 2.75) is 50.7 Å². The molecule has 14 nitrogen and oxygen atoms in total. The third-order valence-corrected chi connectivity index (χ3v) is 12.9. The summed E-state index contributed by atoms with van der Waals surface area (Å²) < 4.78 is 46.5. The zero-order chi connectivity index (χ0) is 43.5. The molecule has 62 heavy (non-hydrogen) atoms. The number of amides is 4. The first kappa shape index (κ1) is 42.7. The van der Waals surface area contributed by atoms with Gasteiger partial charge in [-0.25, -0.2) is 4.98 Å². The molecule has 6 heterocycles. The Bertz CT molecular complexity index is 2240. The van der Waals surface area contributed by atoms with Crippen LogP contribution >= 0.6 is 0 Å². The van der Waals surface area contributed by atoms with Crippen molar-refractivity contribution in [2.24, 2.45) is 11.8 Å². The molecule has 0 spiro atoms. The lowest BCUT2D eigenvalue weighted by Gasteiger charge is -2.39. The van der Waals surface area contributed by atoms with Crippen molar-refractivity contribution >= 4 is 46.5 Å². The topological polar surface area (TPSA) is 154 Å². The molecule has 4 amide bonds. The van der Waals surface area contributed by atoms with Crippen molar-refractivity contribution in [3.63, 3.8) is 0 Å². The number of hydrogen-bond donors (Lipinski definition) is 2. The molecule has 4 fully saturated rings. The number of carbonyl (C=O) groups excluding carboxylic acids is 4. The predicted octanol–water partition coefficient (Wildman–Crippen LogP) is 4.97. The molecular formula is C45H50F3N9O5. The number of aromatic nitrogens is 1. The van der Waals surface area contributed by atoms with Gasteiger partial charge in [0, 0.05) is 94.7 Å². The molecular weight excluding hydrogens is 804 g/mol. The maximum Gasteiger partial charge on any atom is 0.417 e. The summed E-state index contributed by atoms with van der Waals surface area (Å²) in [6.07, 6.45) is 0.741. The highest BCUT2D eigenvalue weighted by Crippen LogP contribution is 2.38. The predicted molar refractivity (Wildman–Crippen MR) is 225 cm³/mol. The Morgan fingerprint density at radius 1 is 0.871 bits per heavy atom. The lowest BCUT2D eigenvalue weighted by molar-refractivity contribution is -0.138. The van der Waals surface area contributed by atoms with E-state index in [1.807, 2.05) is 23.1 Å². The van der Waals surface area contributed by atoms with Gasteiger partial charge >= 0.3 is 6.18 Å². The van der Waals surface area contributed by atoms with Crippen LogP contribution in [0.25, 0.3) is 5.70 Å². The summed E-state index contributed by atoms with van der Waals surface area (Å²) in [5, 5.41) is 14.3. The fourth-order valence-corrected chi connectivity index (χ4v) is 9.25. The zero-order valence-electron chi connectivity index (χ0n) is 34.5. The van der Waals surface area contributed by atoms with E-state index in [4.69, 9.17) is 10.00 Å². The number of ether oxygens (including phenoxy) is 1. The Hall–Kier alpha value is -5.99. The molecule has 2 N–H and O–H groups in total. The molecule has 1 atom stereocenters. The molecule has 1 unspecified atom stereocenters. The quantitative estimate of drug-likeness (QED) is 0.252. The average molecular weight is 854 g/mol. The minimum Gasteiger partial charge on any atom is -0.492 e. The van der Waals surface area contributed by atoms with Crippen molar-refractivity contribution in [1.29, 1.82) is 5.26 Å². The van der Waals surface area contributed by atoms with Gasteiger partial charge in [-0.1, -0.05) is 6.58 Å². The Balaban J connectivity index is 0.717. The van der Waals surface area contributed by atoms with E-state index in [1.165, 1.54) is 17.0 Å². The highest BCUT2D eigenvalue weighted by molar-refractivity contribution is 6.12. The van der Waals surface area contributed by atoms with Gasteiger partial charge in [-0.15, -0.1) is 0 Å². The van der Waals surface area contributed by atoms with Crippen molar-refractivity contribution in [1.82, 2.24) is 25.0 Å². The number of halogens is 3. The van der Waals surface area contributed by atoms with E-state index in [0.29, 0.717) is 72.5 Å². The fourth-order valence-electron chi connectivity index (χ4n) is 9.25.